The van der Waals surface area contributed by atoms with Crippen LogP contribution in [0.4, 0.5) is 0 Å². The summed E-state index contributed by atoms with van der Waals surface area (Å²) >= 11 is 0. The predicted molar refractivity (Wildman–Crippen MR) is 58.3 cm³/mol. The number of aryl methyl sites for hydroxylation is 1. The van der Waals surface area contributed by atoms with Crippen LogP contribution in [0.25, 0.3) is 0 Å². The first-order valence-electron chi connectivity index (χ1n) is 5.11. The fourth-order valence-corrected chi connectivity index (χ4v) is 1.36. The summed E-state index contributed by atoms with van der Waals surface area (Å²) in [6.45, 7) is 5.09. The smallest absolute Gasteiger partial charge is 0.120 e. The number of hydrogen-bond acceptors (Lipinski definition) is 3. The third-order valence-electron chi connectivity index (χ3n) is 2.13. The van der Waals surface area contributed by atoms with Crippen molar-refractivity contribution in [1.82, 2.24) is 9.88 Å². The van der Waals surface area contributed by atoms with E-state index in [1.165, 1.54) is 0 Å². The molecule has 1 N–H and O–H groups in total. The summed E-state index contributed by atoms with van der Waals surface area (Å²) in [5.41, 5.74) is 1.82. The van der Waals surface area contributed by atoms with Gasteiger partial charge in [-0.3, -0.25) is 0 Å². The molecule has 1 rings (SSSR count). The first kappa shape index (κ1) is 11.8. The van der Waals surface area contributed by atoms with Crippen LogP contribution in [0.5, 0.6) is 0 Å². The van der Waals surface area contributed by atoms with Gasteiger partial charge in [-0.15, -0.1) is 0 Å². The van der Waals surface area contributed by atoms with Gasteiger partial charge in [-0.1, -0.05) is 0 Å². The summed E-state index contributed by atoms with van der Waals surface area (Å²) in [5.74, 6) is 0. The lowest BCUT2D eigenvalue weighted by Gasteiger charge is -2.02. The number of rotatable bonds is 6. The van der Waals surface area contributed by atoms with Crippen LogP contribution in [0, 0.1) is 11.3 Å². The molecule has 0 aliphatic rings. The Kier molecular flexibility index (Phi) is 4.88. The molecule has 0 spiro atoms. The van der Waals surface area contributed by atoms with Gasteiger partial charge in [-0.05, 0) is 18.6 Å². The number of nitrogens with zero attached hydrogens (tertiary/aromatic N) is 2. The second-order valence-corrected chi connectivity index (χ2v) is 3.33. The van der Waals surface area contributed by atoms with Crippen molar-refractivity contribution in [2.45, 2.75) is 13.5 Å². The Morgan fingerprint density at radius 3 is 3.00 bits per heavy atom. The molecule has 0 atom stereocenters. The molecule has 0 amide bonds. The van der Waals surface area contributed by atoms with E-state index in [1.54, 1.807) is 0 Å². The van der Waals surface area contributed by atoms with Gasteiger partial charge in [0.2, 0.25) is 0 Å². The molecule has 1 heterocycles. The molecule has 0 fully saturated rings. The number of hydrogen-bond donors (Lipinski definition) is 1. The minimum atomic E-state index is 0.691. The van der Waals surface area contributed by atoms with E-state index in [0.717, 1.165) is 31.9 Å². The average molecular weight is 207 g/mol. The van der Waals surface area contributed by atoms with Crippen molar-refractivity contribution in [2.75, 3.05) is 19.8 Å². The van der Waals surface area contributed by atoms with Gasteiger partial charge in [-0.25, -0.2) is 0 Å². The van der Waals surface area contributed by atoms with Crippen LogP contribution in [0.3, 0.4) is 0 Å². The van der Waals surface area contributed by atoms with Crippen LogP contribution in [0.2, 0.25) is 0 Å². The van der Waals surface area contributed by atoms with E-state index < -0.39 is 0 Å². The lowest BCUT2D eigenvalue weighted by molar-refractivity contribution is 0.149. The molecule has 82 valence electrons. The van der Waals surface area contributed by atoms with Gasteiger partial charge in [0.1, 0.15) is 11.8 Å². The second kappa shape index (κ2) is 6.23. The van der Waals surface area contributed by atoms with E-state index in [2.05, 4.69) is 11.4 Å². The third-order valence-corrected chi connectivity index (χ3v) is 2.13. The minimum absolute atomic E-state index is 0.691. The molecule has 15 heavy (non-hydrogen) atoms. The Morgan fingerprint density at radius 1 is 1.60 bits per heavy atom. The topological polar surface area (TPSA) is 50.0 Å². The van der Waals surface area contributed by atoms with Gasteiger partial charge < -0.3 is 14.6 Å². The number of aromatic nitrogens is 1. The molecular weight excluding hydrogens is 190 g/mol. The standard InChI is InChI=1S/C11H17N3O/c1-3-15-5-4-13-8-10-6-11(7-12)14(2)9-10/h6,9,13H,3-5,8H2,1-2H3. The Labute approximate surface area is 90.5 Å². The molecule has 0 bridgehead atoms. The van der Waals surface area contributed by atoms with E-state index in [-0.39, 0.29) is 0 Å². The zero-order valence-corrected chi connectivity index (χ0v) is 9.29. The molecule has 1 aromatic heterocycles. The summed E-state index contributed by atoms with van der Waals surface area (Å²) in [7, 11) is 1.88. The van der Waals surface area contributed by atoms with Crippen LogP contribution in [0.15, 0.2) is 12.3 Å². The van der Waals surface area contributed by atoms with Crippen LogP contribution in [-0.4, -0.2) is 24.3 Å². The maximum absolute atomic E-state index is 8.76. The number of nitrogens with one attached hydrogen (secondary N) is 1. The zero-order chi connectivity index (χ0) is 11.1. The normalized spacial score (nSPS) is 10.2. The van der Waals surface area contributed by atoms with Gasteiger partial charge >= 0.3 is 0 Å². The zero-order valence-electron chi connectivity index (χ0n) is 9.29. The highest BCUT2D eigenvalue weighted by Gasteiger charge is 2.00. The lowest BCUT2D eigenvalue weighted by Crippen LogP contribution is -2.18. The summed E-state index contributed by atoms with van der Waals surface area (Å²) in [6.07, 6.45) is 1.96. The van der Waals surface area contributed by atoms with Crippen LogP contribution in [-0.2, 0) is 18.3 Å². The minimum Gasteiger partial charge on any atom is -0.380 e. The van der Waals surface area contributed by atoms with Gasteiger partial charge in [0.25, 0.3) is 0 Å². The van der Waals surface area contributed by atoms with Crippen molar-refractivity contribution < 1.29 is 4.74 Å². The van der Waals surface area contributed by atoms with Crippen LogP contribution >= 0.6 is 0 Å². The van der Waals surface area contributed by atoms with Gasteiger partial charge in [0, 0.05) is 32.9 Å². The molecule has 0 aromatic carbocycles. The van der Waals surface area contributed by atoms with E-state index in [1.807, 2.05) is 30.8 Å². The number of nitriles is 1. The van der Waals surface area contributed by atoms with E-state index in [4.69, 9.17) is 10.00 Å². The SMILES string of the molecule is CCOCCNCc1cc(C#N)n(C)c1. The quantitative estimate of drug-likeness (QED) is 0.709. The molecular formula is C11H17N3O. The first-order valence-corrected chi connectivity index (χ1v) is 5.11. The Bertz CT molecular complexity index is 338. The Hall–Kier alpha value is -1.31. The molecule has 4 heteroatoms. The Morgan fingerprint density at radius 2 is 2.40 bits per heavy atom. The highest BCUT2D eigenvalue weighted by Crippen LogP contribution is 2.05. The highest BCUT2D eigenvalue weighted by atomic mass is 16.5. The second-order valence-electron chi connectivity index (χ2n) is 3.33. The molecule has 0 radical (unpaired) electrons. The van der Waals surface area contributed by atoms with Crippen molar-refractivity contribution >= 4 is 0 Å². The van der Waals surface area contributed by atoms with E-state index in [9.17, 15) is 0 Å². The van der Waals surface area contributed by atoms with Crippen molar-refractivity contribution in [3.63, 3.8) is 0 Å². The van der Waals surface area contributed by atoms with Gasteiger partial charge in [0.05, 0.1) is 6.61 Å². The van der Waals surface area contributed by atoms with Crippen molar-refractivity contribution in [1.29, 1.82) is 5.26 Å². The van der Waals surface area contributed by atoms with Crippen LogP contribution < -0.4 is 5.32 Å². The van der Waals surface area contributed by atoms with E-state index in [0.29, 0.717) is 5.69 Å². The van der Waals surface area contributed by atoms with Crippen molar-refractivity contribution in [3.05, 3.63) is 23.5 Å². The number of ether oxygens (including phenoxy) is 1. The first-order chi connectivity index (χ1) is 7.27. The van der Waals surface area contributed by atoms with Gasteiger partial charge in [0.15, 0.2) is 0 Å². The maximum atomic E-state index is 8.76. The monoisotopic (exact) mass is 207 g/mol. The Balaban J connectivity index is 2.29. The third kappa shape index (κ3) is 3.74. The predicted octanol–water partition coefficient (Wildman–Crippen LogP) is 1.02. The summed E-state index contributed by atoms with van der Waals surface area (Å²) in [5, 5.41) is 12.0. The van der Waals surface area contributed by atoms with Crippen molar-refractivity contribution in [2.24, 2.45) is 7.05 Å². The van der Waals surface area contributed by atoms with Gasteiger partial charge in [-0.2, -0.15) is 5.26 Å². The molecule has 4 nitrogen and oxygen atoms in total. The average Bonchev–Trinajstić information content (AvgIpc) is 2.59. The van der Waals surface area contributed by atoms with E-state index >= 15 is 0 Å². The lowest BCUT2D eigenvalue weighted by atomic mass is 10.3. The largest absolute Gasteiger partial charge is 0.380 e. The molecule has 0 saturated carbocycles. The fourth-order valence-electron chi connectivity index (χ4n) is 1.36. The summed E-state index contributed by atoms with van der Waals surface area (Å²) < 4.78 is 7.03. The molecule has 0 saturated heterocycles. The fraction of sp³-hybridized carbons (Fsp3) is 0.545. The maximum Gasteiger partial charge on any atom is 0.120 e. The molecule has 0 aliphatic heterocycles. The molecule has 1 aromatic rings. The molecule has 0 aliphatic carbocycles. The highest BCUT2D eigenvalue weighted by molar-refractivity contribution is 5.28. The summed E-state index contributed by atoms with van der Waals surface area (Å²) in [6, 6.07) is 4.03. The van der Waals surface area contributed by atoms with Crippen molar-refractivity contribution in [3.8, 4) is 6.07 Å². The molecule has 0 unspecified atom stereocenters. The summed E-state index contributed by atoms with van der Waals surface area (Å²) in [4.78, 5) is 0. The van der Waals surface area contributed by atoms with Crippen LogP contribution in [0.1, 0.15) is 18.2 Å².